The number of phenolic OH excluding ortho intramolecular Hbond substituents is 1. The monoisotopic (exact) mass is 189 g/mol. The molecule has 0 fully saturated rings. The summed E-state index contributed by atoms with van der Waals surface area (Å²) < 4.78 is 0. The fourth-order valence-corrected chi connectivity index (χ4v) is 2.06. The summed E-state index contributed by atoms with van der Waals surface area (Å²) in [6.07, 6.45) is 3.38. The van der Waals surface area contributed by atoms with E-state index in [0.717, 1.165) is 24.0 Å². The van der Waals surface area contributed by atoms with E-state index in [1.807, 2.05) is 12.1 Å². The van der Waals surface area contributed by atoms with Crippen LogP contribution in [0.5, 0.6) is 5.75 Å². The van der Waals surface area contributed by atoms with Crippen LogP contribution in [0.4, 0.5) is 0 Å². The van der Waals surface area contributed by atoms with Gasteiger partial charge in [0, 0.05) is 5.92 Å². The van der Waals surface area contributed by atoms with Crippen LogP contribution in [0, 0.1) is 0 Å². The first-order valence-electron chi connectivity index (χ1n) is 4.67. The van der Waals surface area contributed by atoms with Crippen LogP contribution in [-0.2, 0) is 11.2 Å². The van der Waals surface area contributed by atoms with Gasteiger partial charge in [0.15, 0.2) is 0 Å². The summed E-state index contributed by atoms with van der Waals surface area (Å²) >= 11 is 0. The van der Waals surface area contributed by atoms with Crippen molar-refractivity contribution in [2.75, 3.05) is 6.54 Å². The molecular weight excluding hydrogens is 178 g/mol. The Morgan fingerprint density at radius 3 is 3.21 bits per heavy atom. The lowest BCUT2D eigenvalue weighted by atomic mass is 10.0. The third-order valence-electron chi connectivity index (χ3n) is 2.75. The summed E-state index contributed by atoms with van der Waals surface area (Å²) in [5.41, 5.74) is 2.14. The van der Waals surface area contributed by atoms with E-state index in [0.29, 0.717) is 12.3 Å². The Bertz CT molecular complexity index is 394. The van der Waals surface area contributed by atoms with E-state index in [1.165, 1.54) is 0 Å². The second kappa shape index (κ2) is 3.64. The summed E-state index contributed by atoms with van der Waals surface area (Å²) in [7, 11) is 0. The molecule has 1 aromatic rings. The first kappa shape index (κ1) is 8.97. The van der Waals surface area contributed by atoms with E-state index in [-0.39, 0.29) is 5.92 Å². The van der Waals surface area contributed by atoms with Crippen LogP contribution in [0.2, 0.25) is 0 Å². The molecule has 1 N–H and O–H groups in total. The van der Waals surface area contributed by atoms with Gasteiger partial charge < -0.3 is 5.11 Å². The van der Waals surface area contributed by atoms with Crippen molar-refractivity contribution >= 4 is 6.08 Å². The van der Waals surface area contributed by atoms with Crippen LogP contribution in [0.3, 0.4) is 0 Å². The molecule has 0 aliphatic heterocycles. The number of hydrogen-bond donors (Lipinski definition) is 1. The predicted molar refractivity (Wildman–Crippen MR) is 52.2 cm³/mol. The van der Waals surface area contributed by atoms with E-state index in [2.05, 4.69) is 4.99 Å². The molecule has 3 nitrogen and oxygen atoms in total. The standard InChI is InChI=1S/C11H11NO2/c13-7-12-6-8-4-5-10-9(8)2-1-3-11(10)14/h1-3,8,14H,4-6H2. The summed E-state index contributed by atoms with van der Waals surface area (Å²) in [5.74, 6) is 0.638. The van der Waals surface area contributed by atoms with E-state index in [1.54, 1.807) is 12.1 Å². The normalized spacial score (nSPS) is 18.7. The minimum Gasteiger partial charge on any atom is -0.508 e. The molecule has 1 aromatic carbocycles. The fourth-order valence-electron chi connectivity index (χ4n) is 2.06. The Morgan fingerprint density at radius 1 is 1.57 bits per heavy atom. The second-order valence-corrected chi connectivity index (χ2v) is 3.51. The van der Waals surface area contributed by atoms with Gasteiger partial charge in [0.05, 0.1) is 6.54 Å². The molecule has 0 saturated carbocycles. The molecule has 1 atom stereocenters. The Labute approximate surface area is 82.1 Å². The SMILES string of the molecule is O=C=NCC1CCc2c(O)cccc21. The molecule has 0 bridgehead atoms. The molecule has 1 aliphatic rings. The van der Waals surface area contributed by atoms with E-state index in [9.17, 15) is 9.90 Å². The third kappa shape index (κ3) is 1.42. The van der Waals surface area contributed by atoms with Gasteiger partial charge in [-0.15, -0.1) is 0 Å². The van der Waals surface area contributed by atoms with Gasteiger partial charge in [-0.25, -0.2) is 9.79 Å². The van der Waals surface area contributed by atoms with Crippen molar-refractivity contribution in [2.24, 2.45) is 4.99 Å². The van der Waals surface area contributed by atoms with Gasteiger partial charge in [-0.1, -0.05) is 12.1 Å². The van der Waals surface area contributed by atoms with Crippen molar-refractivity contribution in [3.8, 4) is 5.75 Å². The predicted octanol–water partition coefficient (Wildman–Crippen LogP) is 1.76. The highest BCUT2D eigenvalue weighted by Gasteiger charge is 2.23. The van der Waals surface area contributed by atoms with Crippen molar-refractivity contribution in [1.29, 1.82) is 0 Å². The maximum Gasteiger partial charge on any atom is 0.234 e. The lowest BCUT2D eigenvalue weighted by molar-refractivity contribution is 0.469. The third-order valence-corrected chi connectivity index (χ3v) is 2.75. The average molecular weight is 189 g/mol. The van der Waals surface area contributed by atoms with Crippen LogP contribution in [-0.4, -0.2) is 17.7 Å². The zero-order valence-electron chi connectivity index (χ0n) is 7.73. The number of hydrogen-bond acceptors (Lipinski definition) is 3. The number of rotatable bonds is 2. The van der Waals surface area contributed by atoms with E-state index < -0.39 is 0 Å². The zero-order chi connectivity index (χ0) is 9.97. The van der Waals surface area contributed by atoms with E-state index in [4.69, 9.17) is 0 Å². The molecule has 14 heavy (non-hydrogen) atoms. The molecule has 2 rings (SSSR count). The summed E-state index contributed by atoms with van der Waals surface area (Å²) in [6, 6.07) is 5.52. The van der Waals surface area contributed by atoms with Crippen LogP contribution in [0.1, 0.15) is 23.5 Å². The van der Waals surface area contributed by atoms with Crippen LogP contribution < -0.4 is 0 Å². The first-order chi connectivity index (χ1) is 6.83. The van der Waals surface area contributed by atoms with Crippen LogP contribution in [0.25, 0.3) is 0 Å². The first-order valence-corrected chi connectivity index (χ1v) is 4.67. The molecule has 0 aromatic heterocycles. The van der Waals surface area contributed by atoms with Crippen LogP contribution in [0.15, 0.2) is 23.2 Å². The van der Waals surface area contributed by atoms with Crippen molar-refractivity contribution in [3.05, 3.63) is 29.3 Å². The molecular formula is C11H11NO2. The molecule has 0 radical (unpaired) electrons. The molecule has 0 saturated heterocycles. The highest BCUT2D eigenvalue weighted by atomic mass is 16.3. The second-order valence-electron chi connectivity index (χ2n) is 3.51. The highest BCUT2D eigenvalue weighted by molar-refractivity contribution is 5.45. The van der Waals surface area contributed by atoms with Gasteiger partial charge in [0.25, 0.3) is 0 Å². The number of nitrogens with zero attached hydrogens (tertiary/aromatic N) is 1. The summed E-state index contributed by atoms with van der Waals surface area (Å²) in [5, 5.41) is 9.57. The van der Waals surface area contributed by atoms with Gasteiger partial charge in [-0.2, -0.15) is 0 Å². The molecule has 0 spiro atoms. The number of aromatic hydroxyl groups is 1. The molecule has 3 heteroatoms. The maximum atomic E-state index is 10.00. The maximum absolute atomic E-state index is 10.00. The Morgan fingerprint density at radius 2 is 2.43 bits per heavy atom. The van der Waals surface area contributed by atoms with Gasteiger partial charge in [0.1, 0.15) is 5.75 Å². The summed E-state index contributed by atoms with van der Waals surface area (Å²) in [4.78, 5) is 13.6. The number of fused-ring (bicyclic) bond motifs is 1. The van der Waals surface area contributed by atoms with Crippen molar-refractivity contribution < 1.29 is 9.90 Å². The summed E-state index contributed by atoms with van der Waals surface area (Å²) in [6.45, 7) is 0.486. The minimum absolute atomic E-state index is 0.276. The topological polar surface area (TPSA) is 49.7 Å². The number of carbonyl (C=O) groups excluding carboxylic acids is 1. The highest BCUT2D eigenvalue weighted by Crippen LogP contribution is 2.37. The molecule has 0 amide bonds. The Balaban J connectivity index is 2.30. The van der Waals surface area contributed by atoms with Gasteiger partial charge in [0.2, 0.25) is 6.08 Å². The van der Waals surface area contributed by atoms with Gasteiger partial charge in [-0.3, -0.25) is 0 Å². The quantitative estimate of drug-likeness (QED) is 0.569. The number of isocyanates is 1. The molecule has 1 aliphatic carbocycles. The lowest BCUT2D eigenvalue weighted by Crippen LogP contribution is -1.97. The smallest absolute Gasteiger partial charge is 0.234 e. The lowest BCUT2D eigenvalue weighted by Gasteiger charge is -2.07. The molecule has 0 heterocycles. The molecule has 72 valence electrons. The molecule has 1 unspecified atom stereocenters. The number of phenols is 1. The largest absolute Gasteiger partial charge is 0.508 e. The number of benzene rings is 1. The van der Waals surface area contributed by atoms with Crippen molar-refractivity contribution in [3.63, 3.8) is 0 Å². The van der Waals surface area contributed by atoms with E-state index >= 15 is 0 Å². The van der Waals surface area contributed by atoms with Crippen molar-refractivity contribution in [2.45, 2.75) is 18.8 Å². The minimum atomic E-state index is 0.276. The van der Waals surface area contributed by atoms with Crippen LogP contribution >= 0.6 is 0 Å². The van der Waals surface area contributed by atoms with Crippen molar-refractivity contribution in [1.82, 2.24) is 0 Å². The fraction of sp³-hybridized carbons (Fsp3) is 0.364. The number of aliphatic imine (C=N–C) groups is 1. The van der Waals surface area contributed by atoms with Gasteiger partial charge in [-0.05, 0) is 30.0 Å². The average Bonchev–Trinajstić information content (AvgIpc) is 2.60. The zero-order valence-corrected chi connectivity index (χ0v) is 7.73. The van der Waals surface area contributed by atoms with Gasteiger partial charge >= 0.3 is 0 Å². The Kier molecular flexibility index (Phi) is 2.33. The Hall–Kier alpha value is -1.60.